The van der Waals surface area contributed by atoms with Gasteiger partial charge in [0.1, 0.15) is 0 Å². The standard InChI is InChI=1S/C4H4B3/c1-3(6)4(7)2-5/h2H,1H3. The number of rotatable bonds is 2. The number of hydrogen-bond donors (Lipinski definition) is 0. The Morgan fingerprint density at radius 1 is 1.43 bits per heavy atom. The minimum absolute atomic E-state index is 0.444. The molecule has 0 aliphatic heterocycles. The molecule has 0 rings (SSSR count). The maximum atomic E-state index is 5.19. The quantitative estimate of drug-likeness (QED) is 0.363. The zero-order valence-corrected chi connectivity index (χ0v) is 4.31. The average Bonchev–Trinajstić information content (AvgIpc) is 1.65. The Labute approximate surface area is 47.2 Å². The predicted molar refractivity (Wildman–Crippen MR) is 39.0 cm³/mol. The molecule has 0 amide bonds. The fraction of sp³-hybridized carbons (Fsp3) is 0.250. The van der Waals surface area contributed by atoms with Crippen LogP contribution in [0.3, 0.4) is 0 Å². The Hall–Kier alpha value is -0.195. The Morgan fingerprint density at radius 2 is 1.86 bits per heavy atom. The van der Waals surface area contributed by atoms with Crippen LogP contribution in [0.5, 0.6) is 0 Å². The van der Waals surface area contributed by atoms with Crippen LogP contribution in [0, 0.1) is 0 Å². The zero-order chi connectivity index (χ0) is 5.86. The fourth-order valence-electron chi connectivity index (χ4n) is 0.131. The molecule has 0 unspecified atom stereocenters. The molecule has 0 spiro atoms. The molecule has 0 aliphatic carbocycles. The van der Waals surface area contributed by atoms with Gasteiger partial charge in [0, 0.05) is 0 Å². The Bertz CT molecular complexity index is 114. The first-order valence-corrected chi connectivity index (χ1v) is 1.95. The van der Waals surface area contributed by atoms with Gasteiger partial charge in [0.25, 0.3) is 0 Å². The minimum atomic E-state index is 0.444. The molecule has 0 aromatic heterocycles. The normalized spacial score (nSPS) is 7.14. The van der Waals surface area contributed by atoms with E-state index in [4.69, 9.17) is 22.5 Å². The summed E-state index contributed by atoms with van der Waals surface area (Å²) in [4.78, 5) is 0. The molecular formula is C4H4B3. The summed E-state index contributed by atoms with van der Waals surface area (Å²) < 4.78 is 0. The van der Waals surface area contributed by atoms with Gasteiger partial charge in [-0.25, -0.2) is 0 Å². The molecule has 0 heterocycles. The second-order valence-electron chi connectivity index (χ2n) is 1.31. The van der Waals surface area contributed by atoms with Gasteiger partial charge in [-0.15, -0.1) is 0 Å². The van der Waals surface area contributed by atoms with Crippen molar-refractivity contribution in [3.8, 4) is 0 Å². The molecule has 0 atom stereocenters. The summed E-state index contributed by atoms with van der Waals surface area (Å²) in [7, 11) is 15.4. The topological polar surface area (TPSA) is 0 Å². The molecule has 29 valence electrons. The molecule has 0 saturated heterocycles. The molecule has 7 heavy (non-hydrogen) atoms. The summed E-state index contributed by atoms with van der Waals surface area (Å²) >= 11 is 0. The second kappa shape index (κ2) is 2.89. The third-order valence-electron chi connectivity index (χ3n) is 0.635. The summed E-state index contributed by atoms with van der Waals surface area (Å²) in [6.07, 6.45) is 0. The van der Waals surface area contributed by atoms with E-state index in [9.17, 15) is 0 Å². The zero-order valence-electron chi connectivity index (χ0n) is 4.31. The summed E-state index contributed by atoms with van der Waals surface area (Å²) in [6, 6.07) is 0. The van der Waals surface area contributed by atoms with Crippen LogP contribution in [0.2, 0.25) is 0 Å². The molecule has 0 N–H and O–H groups in total. The van der Waals surface area contributed by atoms with Crippen LogP contribution in [0.25, 0.3) is 0 Å². The van der Waals surface area contributed by atoms with Gasteiger partial charge in [-0.2, -0.15) is 0 Å². The third-order valence-corrected chi connectivity index (χ3v) is 0.635. The van der Waals surface area contributed by atoms with Gasteiger partial charge >= 0.3 is 46.3 Å². The van der Waals surface area contributed by atoms with Crippen molar-refractivity contribution in [3.63, 3.8) is 0 Å². The third kappa shape index (κ3) is 2.49. The van der Waals surface area contributed by atoms with E-state index in [-0.39, 0.29) is 0 Å². The van der Waals surface area contributed by atoms with Gasteiger partial charge < -0.3 is 0 Å². The molecule has 0 nitrogen and oxygen atoms in total. The SMILES string of the molecule is [B]=CC(=[B])C(=[B])C. The first kappa shape index (κ1) is 6.80. The van der Waals surface area contributed by atoms with E-state index in [0.717, 1.165) is 0 Å². The van der Waals surface area contributed by atoms with Crippen molar-refractivity contribution in [1.82, 2.24) is 0 Å². The van der Waals surface area contributed by atoms with Crippen molar-refractivity contribution in [2.24, 2.45) is 0 Å². The van der Waals surface area contributed by atoms with Gasteiger partial charge in [0.2, 0.25) is 0 Å². The van der Waals surface area contributed by atoms with E-state index in [1.807, 2.05) is 0 Å². The molecule has 0 saturated carbocycles. The maximum absolute atomic E-state index is 5.19. The van der Waals surface area contributed by atoms with Crippen molar-refractivity contribution >= 4 is 39.4 Å². The first-order chi connectivity index (χ1) is 3.18. The Kier molecular flexibility index (Phi) is 2.81. The van der Waals surface area contributed by atoms with E-state index < -0.39 is 0 Å². The fourth-order valence-corrected chi connectivity index (χ4v) is 0.131. The number of hydrogen-bond acceptors (Lipinski definition) is 0. The Morgan fingerprint density at radius 3 is 1.86 bits per heavy atom. The molecule has 0 bridgehead atoms. The summed E-state index contributed by atoms with van der Waals surface area (Å²) in [6.45, 7) is 1.69. The van der Waals surface area contributed by atoms with Gasteiger partial charge in [-0.1, -0.05) is 0 Å². The van der Waals surface area contributed by atoms with Gasteiger partial charge in [0.05, 0.1) is 0 Å². The predicted octanol–water partition coefficient (Wildman–Crippen LogP) is -1.34. The van der Waals surface area contributed by atoms with Crippen LogP contribution in [0.15, 0.2) is 0 Å². The molecule has 0 aromatic rings. The molecule has 3 radical (unpaired) electrons. The molecule has 0 fully saturated rings. The van der Waals surface area contributed by atoms with E-state index in [0.29, 0.717) is 10.9 Å². The van der Waals surface area contributed by atoms with E-state index in [1.54, 1.807) is 6.92 Å². The average molecular weight is 84.5 g/mol. The monoisotopic (exact) mass is 85.1 g/mol. The van der Waals surface area contributed by atoms with Crippen LogP contribution >= 0.6 is 0 Å². The van der Waals surface area contributed by atoms with Crippen molar-refractivity contribution in [1.29, 1.82) is 0 Å². The van der Waals surface area contributed by atoms with Crippen molar-refractivity contribution in [3.05, 3.63) is 0 Å². The van der Waals surface area contributed by atoms with E-state index in [1.165, 1.54) is 5.97 Å². The molecule has 0 aromatic carbocycles. The second-order valence-corrected chi connectivity index (χ2v) is 1.31. The molecular weight excluding hydrogens is 80.5 g/mol. The van der Waals surface area contributed by atoms with E-state index >= 15 is 0 Å². The van der Waals surface area contributed by atoms with Crippen LogP contribution < -0.4 is 0 Å². The van der Waals surface area contributed by atoms with Gasteiger partial charge in [0.15, 0.2) is 0 Å². The Balaban J connectivity index is 3.81. The summed E-state index contributed by atoms with van der Waals surface area (Å²) in [5.41, 5.74) is 1.00. The van der Waals surface area contributed by atoms with Crippen molar-refractivity contribution in [2.75, 3.05) is 0 Å². The molecule has 0 aliphatic rings. The van der Waals surface area contributed by atoms with Gasteiger partial charge in [-0.05, 0) is 0 Å². The summed E-state index contributed by atoms with van der Waals surface area (Å²) in [5.74, 6) is 1.27. The van der Waals surface area contributed by atoms with Crippen LogP contribution in [-0.4, -0.2) is 39.4 Å². The van der Waals surface area contributed by atoms with Crippen molar-refractivity contribution in [2.45, 2.75) is 6.92 Å². The van der Waals surface area contributed by atoms with E-state index in [2.05, 4.69) is 0 Å². The molecule has 3 heteroatoms. The van der Waals surface area contributed by atoms with Crippen LogP contribution in [-0.2, 0) is 0 Å². The summed E-state index contributed by atoms with van der Waals surface area (Å²) in [5, 5.41) is 0. The van der Waals surface area contributed by atoms with Crippen LogP contribution in [0.1, 0.15) is 6.92 Å². The van der Waals surface area contributed by atoms with Crippen LogP contribution in [0.4, 0.5) is 0 Å². The first-order valence-electron chi connectivity index (χ1n) is 1.95. The van der Waals surface area contributed by atoms with Gasteiger partial charge in [-0.3, -0.25) is 0 Å². The van der Waals surface area contributed by atoms with Crippen molar-refractivity contribution < 1.29 is 0 Å².